The van der Waals surface area contributed by atoms with Gasteiger partial charge in [-0.3, -0.25) is 28.3 Å². The van der Waals surface area contributed by atoms with Gasteiger partial charge in [-0.25, -0.2) is 0 Å². The van der Waals surface area contributed by atoms with Gasteiger partial charge in [0, 0.05) is 12.2 Å². The third-order valence-electron chi connectivity index (χ3n) is 2.25. The Bertz CT molecular complexity index is 571. The average molecular weight is 405 g/mol. The maximum atomic E-state index is 11.5. The van der Waals surface area contributed by atoms with E-state index in [1.807, 2.05) is 0 Å². The lowest BCUT2D eigenvalue weighted by atomic mass is 10.1. The fourth-order valence-corrected chi connectivity index (χ4v) is 1.41. The highest BCUT2D eigenvalue weighted by Gasteiger charge is 2.20. The Kier molecular flexibility index (Phi) is 12.6. The zero-order valence-corrected chi connectivity index (χ0v) is 14.4. The molecule has 0 saturated heterocycles. The molecule has 0 fully saturated rings. The molecule has 8 N–H and O–H groups in total. The van der Waals surface area contributed by atoms with Crippen LogP contribution in [0.4, 0.5) is 0 Å². The van der Waals surface area contributed by atoms with Crippen LogP contribution in [-0.4, -0.2) is 75.9 Å². The van der Waals surface area contributed by atoms with Gasteiger partial charge in [0.25, 0.3) is 0 Å². The molecule has 0 aromatic rings. The van der Waals surface area contributed by atoms with E-state index in [4.69, 9.17) is 33.5 Å². The number of rotatable bonds is 9. The number of amides is 2. The summed E-state index contributed by atoms with van der Waals surface area (Å²) in [4.78, 5) is 43.7. The number of nitrogens with two attached hydrogens (primary N) is 1. The molecular weight excluding hydrogens is 386 g/mol. The van der Waals surface area contributed by atoms with Crippen LogP contribution < -0.4 is 16.4 Å². The monoisotopic (exact) mass is 405 g/mol. The molecule has 0 radical (unpaired) electrons. The minimum absolute atomic E-state index is 0.0256. The van der Waals surface area contributed by atoms with Crippen LogP contribution in [0.25, 0.3) is 0 Å². The van der Waals surface area contributed by atoms with E-state index in [-0.39, 0.29) is 18.6 Å². The second-order valence-electron chi connectivity index (χ2n) is 4.35. The molecule has 13 nitrogen and oxygen atoms in total. The van der Waals surface area contributed by atoms with Crippen LogP contribution in [0.2, 0.25) is 0 Å². The number of thiol groups is 1. The van der Waals surface area contributed by atoms with Crippen molar-refractivity contribution < 1.29 is 46.9 Å². The molecule has 0 saturated carbocycles. The number of hydrogen-bond acceptors (Lipinski definition) is 8. The second-order valence-corrected chi connectivity index (χ2v) is 5.61. The van der Waals surface area contributed by atoms with E-state index >= 15 is 0 Å². The van der Waals surface area contributed by atoms with Gasteiger partial charge in [-0.1, -0.05) is 0 Å². The molecule has 0 aliphatic heterocycles. The van der Waals surface area contributed by atoms with Gasteiger partial charge in [0.05, 0.1) is 0 Å². The maximum absolute atomic E-state index is 11.5. The van der Waals surface area contributed by atoms with Crippen molar-refractivity contribution in [3.63, 3.8) is 0 Å². The molecule has 0 heterocycles. The SMILES string of the molecule is N[C@@H](CCC(=O)N[C@@H](CS)C(=O)NCC(=O)O)C(=O)O.O=S(=O)(O)O. The van der Waals surface area contributed by atoms with Crippen LogP contribution in [0.3, 0.4) is 0 Å². The third kappa shape index (κ3) is 18.2. The van der Waals surface area contributed by atoms with E-state index in [2.05, 4.69) is 23.3 Å². The Morgan fingerprint density at radius 1 is 1.12 bits per heavy atom. The molecule has 0 unspecified atom stereocenters. The highest BCUT2D eigenvalue weighted by molar-refractivity contribution is 7.80. The van der Waals surface area contributed by atoms with Crippen molar-refractivity contribution in [2.45, 2.75) is 24.9 Å². The number of aliphatic carboxylic acids is 2. The first kappa shape index (κ1) is 25.3. The minimum atomic E-state index is -4.67. The van der Waals surface area contributed by atoms with E-state index in [0.29, 0.717) is 0 Å². The van der Waals surface area contributed by atoms with Gasteiger partial charge in [-0.15, -0.1) is 0 Å². The van der Waals surface area contributed by atoms with Gasteiger partial charge < -0.3 is 26.6 Å². The Labute approximate surface area is 147 Å². The lowest BCUT2D eigenvalue weighted by Crippen LogP contribution is -2.49. The molecule has 2 atom stereocenters. The third-order valence-corrected chi connectivity index (χ3v) is 2.61. The van der Waals surface area contributed by atoms with Crippen molar-refractivity contribution in [1.29, 1.82) is 0 Å². The number of carbonyl (C=O) groups excluding carboxylic acids is 2. The van der Waals surface area contributed by atoms with Crippen LogP contribution in [-0.2, 0) is 29.6 Å². The molecule has 0 aromatic carbocycles. The van der Waals surface area contributed by atoms with Gasteiger partial charge in [-0.05, 0) is 6.42 Å². The summed E-state index contributed by atoms with van der Waals surface area (Å²) in [5.74, 6) is -3.70. The van der Waals surface area contributed by atoms with E-state index in [1.165, 1.54) is 0 Å². The zero-order chi connectivity index (χ0) is 20.2. The van der Waals surface area contributed by atoms with E-state index in [9.17, 15) is 19.2 Å². The summed E-state index contributed by atoms with van der Waals surface area (Å²) in [7, 11) is -4.67. The lowest BCUT2D eigenvalue weighted by Gasteiger charge is -2.16. The first-order chi connectivity index (χ1) is 11.3. The largest absolute Gasteiger partial charge is 0.480 e. The maximum Gasteiger partial charge on any atom is 0.394 e. The highest BCUT2D eigenvalue weighted by Crippen LogP contribution is 1.97. The van der Waals surface area contributed by atoms with Crippen LogP contribution in [0.15, 0.2) is 0 Å². The van der Waals surface area contributed by atoms with Crippen molar-refractivity contribution in [2.75, 3.05) is 12.3 Å². The van der Waals surface area contributed by atoms with Crippen molar-refractivity contribution in [3.05, 3.63) is 0 Å². The summed E-state index contributed by atoms with van der Waals surface area (Å²) in [6, 6.07) is -2.15. The fraction of sp³-hybridized carbons (Fsp3) is 0.600. The number of hydrogen-bond donors (Lipinski definition) is 8. The molecule has 146 valence electrons. The number of carboxylic acid groups (broad SMARTS) is 2. The van der Waals surface area contributed by atoms with Crippen molar-refractivity contribution in [2.24, 2.45) is 5.73 Å². The summed E-state index contributed by atoms with van der Waals surface area (Å²) >= 11 is 3.87. The first-order valence-electron chi connectivity index (χ1n) is 6.35. The fourth-order valence-electron chi connectivity index (χ4n) is 1.16. The molecule has 0 rings (SSSR count). The van der Waals surface area contributed by atoms with Crippen LogP contribution >= 0.6 is 12.6 Å². The van der Waals surface area contributed by atoms with Crippen LogP contribution in [0.5, 0.6) is 0 Å². The summed E-state index contributed by atoms with van der Waals surface area (Å²) in [6.45, 7) is -0.567. The van der Waals surface area contributed by atoms with Gasteiger partial charge in [0.15, 0.2) is 0 Å². The molecule has 2 amide bonds. The predicted molar refractivity (Wildman–Crippen MR) is 85.5 cm³/mol. The predicted octanol–water partition coefficient (Wildman–Crippen LogP) is -2.86. The lowest BCUT2D eigenvalue weighted by molar-refractivity contribution is -0.139. The molecule has 0 aromatic heterocycles. The van der Waals surface area contributed by atoms with Crippen molar-refractivity contribution in [3.8, 4) is 0 Å². The Balaban J connectivity index is 0. The topological polar surface area (TPSA) is 233 Å². The second kappa shape index (κ2) is 12.4. The molecule has 0 aliphatic rings. The minimum Gasteiger partial charge on any atom is -0.480 e. The normalized spacial score (nSPS) is 12.8. The van der Waals surface area contributed by atoms with E-state index < -0.39 is 52.8 Å². The van der Waals surface area contributed by atoms with Crippen molar-refractivity contribution >= 4 is 46.8 Å². The molecule has 0 aliphatic carbocycles. The standard InChI is InChI=1S/C10H17N3O6S.H2O4S/c11-5(10(18)19)1-2-7(14)13-6(4-20)9(17)12-3-8(15)16;1-5(2,3)4/h5-6,20H,1-4,11H2,(H,12,17)(H,13,14)(H,15,16)(H,18,19);(H2,1,2,3,4)/t5-,6-;/m0./s1. The van der Waals surface area contributed by atoms with E-state index in [0.717, 1.165) is 0 Å². The number of carboxylic acids is 2. The Morgan fingerprint density at radius 2 is 1.60 bits per heavy atom. The van der Waals surface area contributed by atoms with Crippen LogP contribution in [0.1, 0.15) is 12.8 Å². The number of nitrogens with one attached hydrogen (secondary N) is 2. The first-order valence-corrected chi connectivity index (χ1v) is 8.38. The molecule has 25 heavy (non-hydrogen) atoms. The summed E-state index contributed by atoms with van der Waals surface area (Å²) in [6.07, 6.45) is -0.235. The smallest absolute Gasteiger partial charge is 0.394 e. The molecule has 15 heteroatoms. The van der Waals surface area contributed by atoms with Gasteiger partial charge in [0.1, 0.15) is 18.6 Å². The quantitative estimate of drug-likeness (QED) is 0.143. The van der Waals surface area contributed by atoms with Gasteiger partial charge >= 0.3 is 22.3 Å². The van der Waals surface area contributed by atoms with E-state index in [1.54, 1.807) is 0 Å². The van der Waals surface area contributed by atoms with Crippen molar-refractivity contribution in [1.82, 2.24) is 10.6 Å². The van der Waals surface area contributed by atoms with Gasteiger partial charge in [0.2, 0.25) is 11.8 Å². The zero-order valence-electron chi connectivity index (χ0n) is 12.7. The summed E-state index contributed by atoms with van der Waals surface area (Å²) in [5, 5.41) is 21.4. The number of carbonyl (C=O) groups is 4. The molecule has 0 bridgehead atoms. The Morgan fingerprint density at radius 3 is 1.96 bits per heavy atom. The summed E-state index contributed by atoms with van der Waals surface area (Å²) in [5.41, 5.74) is 5.23. The summed E-state index contributed by atoms with van der Waals surface area (Å²) < 4.78 is 31.6. The highest BCUT2D eigenvalue weighted by atomic mass is 32.3. The average Bonchev–Trinajstić information content (AvgIpc) is 2.45. The molecular formula is C10H19N3O10S2. The Hall–Kier alpha value is -1.94. The van der Waals surface area contributed by atoms with Gasteiger partial charge in [-0.2, -0.15) is 21.0 Å². The van der Waals surface area contributed by atoms with Crippen LogP contribution in [0, 0.1) is 0 Å². The molecule has 0 spiro atoms.